The van der Waals surface area contributed by atoms with Gasteiger partial charge in [-0.25, -0.2) is 14.5 Å². The van der Waals surface area contributed by atoms with E-state index in [0.717, 1.165) is 0 Å². The molecular weight excluding hydrogens is 306 g/mol. The van der Waals surface area contributed by atoms with E-state index in [-0.39, 0.29) is 18.3 Å². The molecule has 2 aromatic rings. The summed E-state index contributed by atoms with van der Waals surface area (Å²) >= 11 is 0. The number of aromatic nitrogens is 3. The van der Waals surface area contributed by atoms with Crippen LogP contribution in [0.2, 0.25) is 0 Å². The van der Waals surface area contributed by atoms with Crippen LogP contribution in [0.1, 0.15) is 56.6 Å². The van der Waals surface area contributed by atoms with Gasteiger partial charge in [-0.05, 0) is 18.1 Å². The molecule has 6 nitrogen and oxygen atoms in total. The minimum atomic E-state index is -0.543. The molecule has 0 N–H and O–H groups in total. The average Bonchev–Trinajstić information content (AvgIpc) is 2.97. The molecule has 2 heterocycles. The van der Waals surface area contributed by atoms with E-state index in [2.05, 4.69) is 10.1 Å². The first-order chi connectivity index (χ1) is 11.2. The zero-order chi connectivity index (χ0) is 17.9. The molecule has 128 valence electrons. The molecule has 0 saturated heterocycles. The molecule has 0 spiro atoms. The van der Waals surface area contributed by atoms with Crippen LogP contribution in [-0.2, 0) is 9.53 Å². The van der Waals surface area contributed by atoms with E-state index in [1.165, 1.54) is 6.20 Å². The van der Waals surface area contributed by atoms with E-state index in [0.29, 0.717) is 17.1 Å². The summed E-state index contributed by atoms with van der Waals surface area (Å²) in [6.45, 7) is 9.07. The Labute approximate surface area is 141 Å². The lowest BCUT2D eigenvalue weighted by atomic mass is 9.91. The van der Waals surface area contributed by atoms with E-state index >= 15 is 0 Å². The summed E-state index contributed by atoms with van der Waals surface area (Å²) in [6, 6.07) is 5.49. The second-order valence-corrected chi connectivity index (χ2v) is 6.95. The van der Waals surface area contributed by atoms with E-state index in [1.54, 1.807) is 31.6 Å². The van der Waals surface area contributed by atoms with Crippen molar-refractivity contribution in [3.8, 4) is 5.82 Å². The van der Waals surface area contributed by atoms with Gasteiger partial charge in [0.15, 0.2) is 18.2 Å². The van der Waals surface area contributed by atoms with Crippen molar-refractivity contribution in [2.24, 2.45) is 5.41 Å². The minimum Gasteiger partial charge on any atom is -0.454 e. The van der Waals surface area contributed by atoms with Gasteiger partial charge >= 0.3 is 5.97 Å². The first-order valence-corrected chi connectivity index (χ1v) is 7.91. The molecule has 2 rings (SSSR count). The highest BCUT2D eigenvalue weighted by Gasteiger charge is 2.26. The third kappa shape index (κ3) is 3.88. The van der Waals surface area contributed by atoms with Gasteiger partial charge in [0.05, 0.1) is 11.9 Å². The molecule has 0 radical (unpaired) electrons. The van der Waals surface area contributed by atoms with Crippen LogP contribution in [0.25, 0.3) is 5.82 Å². The van der Waals surface area contributed by atoms with Gasteiger partial charge in [0.2, 0.25) is 0 Å². The van der Waals surface area contributed by atoms with E-state index in [4.69, 9.17) is 4.74 Å². The topological polar surface area (TPSA) is 74.1 Å². The maximum absolute atomic E-state index is 12.4. The molecule has 0 aromatic carbocycles. The van der Waals surface area contributed by atoms with Crippen LogP contribution in [0.3, 0.4) is 0 Å². The zero-order valence-electron chi connectivity index (χ0n) is 14.7. The van der Waals surface area contributed by atoms with Gasteiger partial charge in [-0.15, -0.1) is 0 Å². The lowest BCUT2D eigenvalue weighted by Crippen LogP contribution is -2.26. The predicted octanol–water partition coefficient (Wildman–Crippen LogP) is 3.16. The minimum absolute atomic E-state index is 0.0374. The standard InChI is InChI=1S/C18H23N3O3/c1-12(2)16-13(17(23)24-11-14(22)18(3,4)5)10-20-21(16)15-8-6-7-9-19-15/h6-10,12H,11H2,1-5H3. The summed E-state index contributed by atoms with van der Waals surface area (Å²) in [4.78, 5) is 28.6. The van der Waals surface area contributed by atoms with Crippen LogP contribution in [0.15, 0.2) is 30.6 Å². The molecule has 2 aromatic heterocycles. The Morgan fingerprint density at radius 3 is 2.50 bits per heavy atom. The second kappa shape index (κ2) is 6.95. The van der Waals surface area contributed by atoms with Gasteiger partial charge in [0, 0.05) is 11.6 Å². The molecule has 0 bridgehead atoms. The van der Waals surface area contributed by atoms with Gasteiger partial charge in [-0.3, -0.25) is 4.79 Å². The Kier molecular flexibility index (Phi) is 5.17. The van der Waals surface area contributed by atoms with Crippen molar-refractivity contribution in [1.82, 2.24) is 14.8 Å². The molecule has 0 aliphatic rings. The smallest absolute Gasteiger partial charge is 0.342 e. The highest BCUT2D eigenvalue weighted by atomic mass is 16.5. The summed E-state index contributed by atoms with van der Waals surface area (Å²) in [7, 11) is 0. The van der Waals surface area contributed by atoms with Gasteiger partial charge < -0.3 is 4.74 Å². The molecule has 0 amide bonds. The van der Waals surface area contributed by atoms with Gasteiger partial charge in [0.25, 0.3) is 0 Å². The Morgan fingerprint density at radius 1 is 1.25 bits per heavy atom. The van der Waals surface area contributed by atoms with Crippen LogP contribution in [0, 0.1) is 5.41 Å². The number of hydrogen-bond donors (Lipinski definition) is 0. The molecule has 0 atom stereocenters. The normalized spacial score (nSPS) is 11.6. The van der Waals surface area contributed by atoms with Crippen LogP contribution >= 0.6 is 0 Å². The number of ether oxygens (including phenoxy) is 1. The van der Waals surface area contributed by atoms with E-state index in [9.17, 15) is 9.59 Å². The SMILES string of the molecule is CC(C)c1c(C(=O)OCC(=O)C(C)(C)C)cnn1-c1ccccn1. The lowest BCUT2D eigenvalue weighted by Gasteiger charge is -2.16. The lowest BCUT2D eigenvalue weighted by molar-refractivity contribution is -0.129. The number of carbonyl (C=O) groups excluding carboxylic acids is 2. The number of hydrogen-bond acceptors (Lipinski definition) is 5. The second-order valence-electron chi connectivity index (χ2n) is 6.95. The summed E-state index contributed by atoms with van der Waals surface area (Å²) in [5.41, 5.74) is 0.526. The molecule has 0 aliphatic heterocycles. The Morgan fingerprint density at radius 2 is 1.96 bits per heavy atom. The van der Waals surface area contributed by atoms with Gasteiger partial charge in [0.1, 0.15) is 5.56 Å². The van der Waals surface area contributed by atoms with E-state index < -0.39 is 11.4 Å². The van der Waals surface area contributed by atoms with Crippen molar-refractivity contribution in [1.29, 1.82) is 0 Å². The van der Waals surface area contributed by atoms with Crippen LogP contribution in [0.4, 0.5) is 0 Å². The van der Waals surface area contributed by atoms with Gasteiger partial charge in [-0.2, -0.15) is 5.10 Å². The van der Waals surface area contributed by atoms with Crippen LogP contribution < -0.4 is 0 Å². The van der Waals surface area contributed by atoms with Crippen molar-refractivity contribution in [3.05, 3.63) is 41.9 Å². The summed E-state index contributed by atoms with van der Waals surface area (Å²) in [5.74, 6) is -0.000984. The number of esters is 1. The summed E-state index contributed by atoms with van der Waals surface area (Å²) in [6.07, 6.45) is 3.13. The Bertz CT molecular complexity index is 728. The van der Waals surface area contributed by atoms with Crippen molar-refractivity contribution >= 4 is 11.8 Å². The zero-order valence-corrected chi connectivity index (χ0v) is 14.7. The largest absolute Gasteiger partial charge is 0.454 e. The number of pyridine rings is 1. The highest BCUT2D eigenvalue weighted by molar-refractivity contribution is 5.93. The number of rotatable bonds is 5. The van der Waals surface area contributed by atoms with Crippen molar-refractivity contribution < 1.29 is 14.3 Å². The van der Waals surface area contributed by atoms with Crippen molar-refractivity contribution in [2.75, 3.05) is 6.61 Å². The molecule has 0 fully saturated rings. The predicted molar refractivity (Wildman–Crippen MR) is 90.2 cm³/mol. The first kappa shape index (κ1) is 17.8. The summed E-state index contributed by atoms with van der Waals surface area (Å²) in [5, 5.41) is 4.27. The van der Waals surface area contributed by atoms with Gasteiger partial charge in [-0.1, -0.05) is 40.7 Å². The molecule has 0 saturated carbocycles. The molecule has 6 heteroatoms. The average molecular weight is 329 g/mol. The fourth-order valence-corrected chi connectivity index (χ4v) is 2.16. The van der Waals surface area contributed by atoms with Crippen LogP contribution in [-0.4, -0.2) is 33.1 Å². The highest BCUT2D eigenvalue weighted by Crippen LogP contribution is 2.23. The third-order valence-corrected chi connectivity index (χ3v) is 3.61. The fourth-order valence-electron chi connectivity index (χ4n) is 2.16. The molecule has 0 unspecified atom stereocenters. The fraction of sp³-hybridized carbons (Fsp3) is 0.444. The van der Waals surface area contributed by atoms with Crippen molar-refractivity contribution in [2.45, 2.75) is 40.5 Å². The molecule has 0 aliphatic carbocycles. The Balaban J connectivity index is 2.26. The van der Waals surface area contributed by atoms with Crippen LogP contribution in [0.5, 0.6) is 0 Å². The molecule has 24 heavy (non-hydrogen) atoms. The number of carbonyl (C=O) groups is 2. The number of ketones is 1. The third-order valence-electron chi connectivity index (χ3n) is 3.61. The van der Waals surface area contributed by atoms with Crippen molar-refractivity contribution in [3.63, 3.8) is 0 Å². The maximum atomic E-state index is 12.4. The quantitative estimate of drug-likeness (QED) is 0.788. The monoisotopic (exact) mass is 329 g/mol. The molecular formula is C18H23N3O3. The number of Topliss-reactive ketones (excluding diaryl/α,β-unsaturated/α-hetero) is 1. The number of nitrogens with zero attached hydrogens (tertiary/aromatic N) is 3. The first-order valence-electron chi connectivity index (χ1n) is 7.91. The maximum Gasteiger partial charge on any atom is 0.342 e. The summed E-state index contributed by atoms with van der Waals surface area (Å²) < 4.78 is 6.83. The van der Waals surface area contributed by atoms with E-state index in [1.807, 2.05) is 32.0 Å². The Hall–Kier alpha value is -2.50.